The summed E-state index contributed by atoms with van der Waals surface area (Å²) in [4.78, 5) is 12.2. The number of hydrogen-bond donors (Lipinski definition) is 1. The highest BCUT2D eigenvalue weighted by Crippen LogP contribution is 2.31. The van der Waals surface area contributed by atoms with E-state index in [-0.39, 0.29) is 4.91 Å². The third kappa shape index (κ3) is 6.25. The highest BCUT2D eigenvalue weighted by molar-refractivity contribution is 8.04. The number of nitrogens with zero attached hydrogens (tertiary/aromatic N) is 3. The molecule has 0 radical (unpaired) electrons. The van der Waals surface area contributed by atoms with Crippen LogP contribution in [0.15, 0.2) is 82.9 Å². The van der Waals surface area contributed by atoms with Crippen LogP contribution >= 0.6 is 35.0 Å². The molecule has 0 spiro atoms. The van der Waals surface area contributed by atoms with Crippen LogP contribution < -0.4 is 4.74 Å². The molecule has 0 saturated carbocycles. The molecule has 4 aromatic rings. The molecule has 1 aromatic heterocycles. The Hall–Kier alpha value is -3.26. The molecular formula is C26H21Cl2N3O3S. The molecule has 1 heterocycles. The minimum Gasteiger partial charge on any atom is -0.489 e. The third-order valence-corrected chi connectivity index (χ3v) is 6.67. The van der Waals surface area contributed by atoms with Crippen molar-refractivity contribution in [1.29, 1.82) is 0 Å². The monoisotopic (exact) mass is 525 g/mol. The molecule has 9 heteroatoms. The first-order chi connectivity index (χ1) is 16.9. The fourth-order valence-electron chi connectivity index (χ4n) is 3.32. The number of hydrogen-bond acceptors (Lipinski definition) is 5. The van der Waals surface area contributed by atoms with Crippen LogP contribution in [-0.2, 0) is 17.9 Å². The van der Waals surface area contributed by atoms with Crippen LogP contribution in [0.25, 0.3) is 17.5 Å². The Kier molecular flexibility index (Phi) is 8.13. The van der Waals surface area contributed by atoms with Crippen molar-refractivity contribution in [3.8, 4) is 17.1 Å². The van der Waals surface area contributed by atoms with Crippen LogP contribution in [0.1, 0.15) is 18.1 Å². The number of halogens is 2. The molecule has 0 amide bonds. The summed E-state index contributed by atoms with van der Waals surface area (Å²) in [5.74, 6) is 0.192. The summed E-state index contributed by atoms with van der Waals surface area (Å²) in [5, 5.41) is 20.1. The number of carbonyl (C=O) groups is 1. The molecule has 0 aliphatic rings. The molecule has 0 aliphatic heterocycles. The van der Waals surface area contributed by atoms with Crippen LogP contribution in [0, 0.1) is 0 Å². The van der Waals surface area contributed by atoms with Crippen LogP contribution in [0.2, 0.25) is 10.0 Å². The summed E-state index contributed by atoms with van der Waals surface area (Å²) in [6, 6.07) is 22.0. The second-order valence-electron chi connectivity index (χ2n) is 7.43. The maximum Gasteiger partial charge on any atom is 0.342 e. The topological polar surface area (TPSA) is 77.2 Å². The first-order valence-electron chi connectivity index (χ1n) is 10.7. The van der Waals surface area contributed by atoms with Crippen molar-refractivity contribution >= 4 is 47.0 Å². The van der Waals surface area contributed by atoms with E-state index in [1.165, 1.54) is 0 Å². The van der Waals surface area contributed by atoms with Gasteiger partial charge in [-0.25, -0.2) is 4.79 Å². The Labute approximate surface area is 217 Å². The molecule has 3 aromatic carbocycles. The van der Waals surface area contributed by atoms with Crippen LogP contribution in [0.3, 0.4) is 0 Å². The number of benzene rings is 3. The van der Waals surface area contributed by atoms with Crippen LogP contribution in [0.5, 0.6) is 5.75 Å². The van der Waals surface area contributed by atoms with E-state index in [4.69, 9.17) is 27.9 Å². The zero-order chi connectivity index (χ0) is 24.8. The molecule has 35 heavy (non-hydrogen) atoms. The Bertz CT molecular complexity index is 1370. The van der Waals surface area contributed by atoms with Gasteiger partial charge in [-0.1, -0.05) is 53.5 Å². The van der Waals surface area contributed by atoms with Gasteiger partial charge in [0, 0.05) is 27.7 Å². The lowest BCUT2D eigenvalue weighted by atomic mass is 10.2. The Morgan fingerprint density at radius 3 is 2.54 bits per heavy atom. The maximum atomic E-state index is 12.0. The van der Waals surface area contributed by atoms with Crippen molar-refractivity contribution in [3.63, 3.8) is 0 Å². The highest BCUT2D eigenvalue weighted by Gasteiger charge is 2.18. The van der Waals surface area contributed by atoms with E-state index in [2.05, 4.69) is 10.2 Å². The molecule has 4 rings (SSSR count). The van der Waals surface area contributed by atoms with Gasteiger partial charge in [0.25, 0.3) is 0 Å². The van der Waals surface area contributed by atoms with E-state index in [0.29, 0.717) is 45.5 Å². The quantitative estimate of drug-likeness (QED) is 0.186. The lowest BCUT2D eigenvalue weighted by Crippen LogP contribution is -2.02. The molecule has 6 nitrogen and oxygen atoms in total. The third-order valence-electron chi connectivity index (χ3n) is 5.06. The summed E-state index contributed by atoms with van der Waals surface area (Å²) in [7, 11) is 0. The number of aromatic nitrogens is 3. The lowest BCUT2D eigenvalue weighted by Gasteiger charge is -2.09. The zero-order valence-electron chi connectivity index (χ0n) is 18.7. The van der Waals surface area contributed by atoms with Gasteiger partial charge in [-0.05, 0) is 72.8 Å². The van der Waals surface area contributed by atoms with Gasteiger partial charge in [-0.2, -0.15) is 0 Å². The van der Waals surface area contributed by atoms with E-state index in [9.17, 15) is 9.90 Å². The van der Waals surface area contributed by atoms with E-state index in [1.54, 1.807) is 24.3 Å². The Morgan fingerprint density at radius 2 is 1.83 bits per heavy atom. The minimum atomic E-state index is -1.06. The second kappa shape index (κ2) is 11.4. The summed E-state index contributed by atoms with van der Waals surface area (Å²) in [6.07, 6.45) is 1.59. The van der Waals surface area contributed by atoms with Crippen LogP contribution in [0.4, 0.5) is 0 Å². The SMILES string of the molecule is CCn1c(S/C(=C\c2cccc(OCc3ccccc3Cl)c2)C(=O)O)nnc1-c1ccc(Cl)cc1. The molecular weight excluding hydrogens is 505 g/mol. The first-order valence-corrected chi connectivity index (χ1v) is 12.3. The van der Waals surface area contributed by atoms with E-state index in [0.717, 1.165) is 22.9 Å². The van der Waals surface area contributed by atoms with Gasteiger partial charge in [0.05, 0.1) is 0 Å². The van der Waals surface area contributed by atoms with Crippen molar-refractivity contribution in [1.82, 2.24) is 14.8 Å². The summed E-state index contributed by atoms with van der Waals surface area (Å²) < 4.78 is 7.74. The fraction of sp³-hybridized carbons (Fsp3) is 0.115. The van der Waals surface area contributed by atoms with E-state index in [1.807, 2.05) is 66.1 Å². The number of carboxylic acid groups (broad SMARTS) is 1. The minimum absolute atomic E-state index is 0.109. The van der Waals surface area contributed by atoms with Crippen molar-refractivity contribution in [2.24, 2.45) is 0 Å². The number of ether oxygens (including phenoxy) is 1. The Morgan fingerprint density at radius 1 is 1.06 bits per heavy atom. The van der Waals surface area contributed by atoms with Gasteiger partial charge >= 0.3 is 5.97 Å². The van der Waals surface area contributed by atoms with Gasteiger partial charge in [0.15, 0.2) is 11.0 Å². The molecule has 0 bridgehead atoms. The molecule has 178 valence electrons. The highest BCUT2D eigenvalue weighted by atomic mass is 35.5. The summed E-state index contributed by atoms with van der Waals surface area (Å²) in [6.45, 7) is 2.84. The standard InChI is InChI=1S/C26H21Cl2N3O3S/c1-2-31-24(18-10-12-20(27)13-11-18)29-30-26(31)35-23(25(32)33)15-17-6-5-8-21(14-17)34-16-19-7-3-4-9-22(19)28/h3-15H,2,16H2,1H3,(H,32,33)/b23-15-. The van der Waals surface area contributed by atoms with Gasteiger partial charge in [-0.3, -0.25) is 0 Å². The molecule has 0 atom stereocenters. The average molecular weight is 526 g/mol. The smallest absolute Gasteiger partial charge is 0.342 e. The number of aliphatic carboxylic acids is 1. The van der Waals surface area contributed by atoms with Gasteiger partial charge in [-0.15, -0.1) is 10.2 Å². The number of thioether (sulfide) groups is 1. The molecule has 0 aliphatic carbocycles. The second-order valence-corrected chi connectivity index (χ2v) is 9.28. The Balaban J connectivity index is 1.56. The predicted octanol–water partition coefficient (Wildman–Crippen LogP) is 7.07. The van der Waals surface area contributed by atoms with E-state index >= 15 is 0 Å². The average Bonchev–Trinajstić information content (AvgIpc) is 3.26. The predicted molar refractivity (Wildman–Crippen MR) is 140 cm³/mol. The summed E-state index contributed by atoms with van der Waals surface area (Å²) in [5.41, 5.74) is 2.40. The molecule has 0 unspecified atom stereocenters. The molecule has 1 N–H and O–H groups in total. The molecule has 0 saturated heterocycles. The van der Waals surface area contributed by atoms with Gasteiger partial charge in [0.2, 0.25) is 0 Å². The molecule has 0 fully saturated rings. The van der Waals surface area contributed by atoms with E-state index < -0.39 is 5.97 Å². The van der Waals surface area contributed by atoms with Crippen molar-refractivity contribution in [2.75, 3.05) is 0 Å². The normalized spacial score (nSPS) is 11.5. The zero-order valence-corrected chi connectivity index (χ0v) is 21.0. The largest absolute Gasteiger partial charge is 0.489 e. The first kappa shape index (κ1) is 24.9. The van der Waals surface area contributed by atoms with Crippen LogP contribution in [-0.4, -0.2) is 25.8 Å². The van der Waals surface area contributed by atoms with Crippen molar-refractivity contribution in [2.45, 2.75) is 25.2 Å². The lowest BCUT2D eigenvalue weighted by molar-refractivity contribution is -0.131. The maximum absolute atomic E-state index is 12.0. The van der Waals surface area contributed by atoms with Crippen molar-refractivity contribution < 1.29 is 14.6 Å². The number of carboxylic acids is 1. The number of rotatable bonds is 9. The summed E-state index contributed by atoms with van der Waals surface area (Å²) >= 11 is 13.2. The fourth-order valence-corrected chi connectivity index (χ4v) is 4.52. The van der Waals surface area contributed by atoms with Crippen molar-refractivity contribution in [3.05, 3.63) is 98.9 Å². The van der Waals surface area contributed by atoms with Gasteiger partial charge < -0.3 is 14.4 Å². The van der Waals surface area contributed by atoms with Gasteiger partial charge in [0.1, 0.15) is 17.3 Å².